The molecule has 1 aliphatic rings. The highest BCUT2D eigenvalue weighted by Gasteiger charge is 2.24. The fraction of sp³-hybridized carbons (Fsp3) is 0.269. The summed E-state index contributed by atoms with van der Waals surface area (Å²) < 4.78 is 25.4. The van der Waals surface area contributed by atoms with Crippen LogP contribution in [0.2, 0.25) is 0 Å². The molecule has 1 aliphatic heterocycles. The maximum absolute atomic E-state index is 14.6. The van der Waals surface area contributed by atoms with Crippen molar-refractivity contribution in [3.8, 4) is 35.4 Å². The number of ether oxygens (including phenoxy) is 2. The Morgan fingerprint density at radius 2 is 2.00 bits per heavy atom. The van der Waals surface area contributed by atoms with Gasteiger partial charge in [0.25, 0.3) is 0 Å². The van der Waals surface area contributed by atoms with E-state index in [1.165, 1.54) is 13.2 Å². The number of rotatable bonds is 4. The fourth-order valence-corrected chi connectivity index (χ4v) is 4.51. The maximum atomic E-state index is 14.6. The van der Waals surface area contributed by atoms with Crippen molar-refractivity contribution in [3.63, 3.8) is 0 Å². The average Bonchev–Trinajstić information content (AvgIpc) is 2.87. The normalized spacial score (nSPS) is 14.3. The van der Waals surface area contributed by atoms with Crippen molar-refractivity contribution in [2.75, 3.05) is 32.3 Å². The minimum atomic E-state index is -0.508. The number of halogens is 1. The Kier molecular flexibility index (Phi) is 5.64. The number of hydrogen-bond acceptors (Lipinski definition) is 7. The Hall–Kier alpha value is -3.96. The summed E-state index contributed by atoms with van der Waals surface area (Å²) in [6.07, 6.45) is 9.09. The van der Waals surface area contributed by atoms with Crippen LogP contribution < -0.4 is 9.64 Å². The molecule has 0 amide bonds. The second-order valence-electron chi connectivity index (χ2n) is 8.23. The van der Waals surface area contributed by atoms with Gasteiger partial charge in [0, 0.05) is 43.4 Å². The first-order chi connectivity index (χ1) is 16.5. The number of benzene rings is 2. The molecular formula is C26H23FN4O3. The zero-order valence-corrected chi connectivity index (χ0v) is 18.9. The first-order valence-electron chi connectivity index (χ1n) is 10.9. The van der Waals surface area contributed by atoms with E-state index in [1.54, 1.807) is 30.5 Å². The van der Waals surface area contributed by atoms with Gasteiger partial charge in [0.05, 0.1) is 29.3 Å². The van der Waals surface area contributed by atoms with Crippen LogP contribution in [-0.4, -0.2) is 53.5 Å². The third-order valence-electron chi connectivity index (χ3n) is 6.26. The minimum absolute atomic E-state index is 0.0265. The van der Waals surface area contributed by atoms with Crippen molar-refractivity contribution in [1.82, 2.24) is 15.0 Å². The zero-order valence-electron chi connectivity index (χ0n) is 18.9. The van der Waals surface area contributed by atoms with E-state index in [4.69, 9.17) is 20.9 Å². The minimum Gasteiger partial charge on any atom is -0.508 e. The second-order valence-corrected chi connectivity index (χ2v) is 8.23. The molecular weight excluding hydrogens is 435 g/mol. The molecule has 0 radical (unpaired) electrons. The number of methoxy groups -OCH3 is 1. The van der Waals surface area contributed by atoms with Gasteiger partial charge in [-0.05, 0) is 42.5 Å². The van der Waals surface area contributed by atoms with E-state index in [1.807, 2.05) is 7.05 Å². The van der Waals surface area contributed by atoms with Gasteiger partial charge in [0.15, 0.2) is 0 Å². The number of hydrogen-bond donors (Lipinski definition) is 1. The van der Waals surface area contributed by atoms with Crippen molar-refractivity contribution in [2.24, 2.45) is 0 Å². The SMILES string of the molecule is C#Cc1c(F)ccc2cc(O)cc(-c3cc4nc(OC)ncc4c(N(C)C4CCOCC4)n3)c12. The summed E-state index contributed by atoms with van der Waals surface area (Å²) in [7, 11) is 3.49. The van der Waals surface area contributed by atoms with Crippen molar-refractivity contribution in [2.45, 2.75) is 18.9 Å². The first-order valence-corrected chi connectivity index (χ1v) is 10.9. The molecule has 0 aliphatic carbocycles. The van der Waals surface area contributed by atoms with Gasteiger partial charge in [-0.3, -0.25) is 0 Å². The Morgan fingerprint density at radius 1 is 1.21 bits per heavy atom. The van der Waals surface area contributed by atoms with Gasteiger partial charge in [-0.25, -0.2) is 14.4 Å². The number of aromatic nitrogens is 3. The molecule has 4 aromatic rings. The number of phenolic OH excluding ortho intramolecular Hbond substituents is 1. The highest BCUT2D eigenvalue weighted by Crippen LogP contribution is 2.38. The maximum Gasteiger partial charge on any atom is 0.316 e. The molecule has 5 rings (SSSR count). The molecule has 0 atom stereocenters. The lowest BCUT2D eigenvalue weighted by Crippen LogP contribution is -2.37. The molecule has 2 aromatic heterocycles. The molecule has 0 spiro atoms. The van der Waals surface area contributed by atoms with Crippen LogP contribution in [0.5, 0.6) is 11.8 Å². The van der Waals surface area contributed by atoms with Crippen LogP contribution in [0.4, 0.5) is 10.2 Å². The Labute approximate surface area is 196 Å². The lowest BCUT2D eigenvalue weighted by Gasteiger charge is -2.32. The number of pyridine rings is 1. The molecule has 34 heavy (non-hydrogen) atoms. The molecule has 7 nitrogen and oxygen atoms in total. The first kappa shape index (κ1) is 21.9. The van der Waals surface area contributed by atoms with Crippen molar-refractivity contribution < 1.29 is 19.0 Å². The van der Waals surface area contributed by atoms with E-state index >= 15 is 0 Å². The largest absolute Gasteiger partial charge is 0.508 e. The number of terminal acetylenes is 1. The highest BCUT2D eigenvalue weighted by atomic mass is 19.1. The average molecular weight is 458 g/mol. The lowest BCUT2D eigenvalue weighted by molar-refractivity contribution is 0.0854. The van der Waals surface area contributed by atoms with Crippen LogP contribution in [0.3, 0.4) is 0 Å². The Bertz CT molecular complexity index is 1440. The Balaban J connectivity index is 1.80. The van der Waals surface area contributed by atoms with Crippen LogP contribution >= 0.6 is 0 Å². The molecule has 1 N–H and O–H groups in total. The van der Waals surface area contributed by atoms with Crippen LogP contribution in [0.15, 0.2) is 36.5 Å². The molecule has 172 valence electrons. The highest BCUT2D eigenvalue weighted by molar-refractivity contribution is 6.03. The summed E-state index contributed by atoms with van der Waals surface area (Å²) >= 11 is 0. The predicted octanol–water partition coefficient (Wildman–Crippen LogP) is 4.29. The van der Waals surface area contributed by atoms with Crippen LogP contribution in [0.1, 0.15) is 18.4 Å². The van der Waals surface area contributed by atoms with Gasteiger partial charge < -0.3 is 19.5 Å². The number of phenols is 1. The van der Waals surface area contributed by atoms with Gasteiger partial charge in [0.2, 0.25) is 0 Å². The smallest absolute Gasteiger partial charge is 0.316 e. The van der Waals surface area contributed by atoms with E-state index in [-0.39, 0.29) is 23.4 Å². The van der Waals surface area contributed by atoms with Crippen molar-refractivity contribution in [3.05, 3.63) is 47.9 Å². The monoisotopic (exact) mass is 458 g/mol. The molecule has 1 saturated heterocycles. The van der Waals surface area contributed by atoms with E-state index < -0.39 is 5.82 Å². The van der Waals surface area contributed by atoms with Gasteiger partial charge in [-0.1, -0.05) is 12.0 Å². The van der Waals surface area contributed by atoms with Gasteiger partial charge in [-0.2, -0.15) is 4.98 Å². The van der Waals surface area contributed by atoms with Crippen LogP contribution in [0, 0.1) is 18.2 Å². The van der Waals surface area contributed by atoms with E-state index in [0.717, 1.165) is 18.2 Å². The van der Waals surface area contributed by atoms with E-state index in [0.29, 0.717) is 46.6 Å². The molecule has 0 bridgehead atoms. The van der Waals surface area contributed by atoms with Gasteiger partial charge in [0.1, 0.15) is 17.4 Å². The Morgan fingerprint density at radius 3 is 2.74 bits per heavy atom. The number of aromatic hydroxyl groups is 1. The topological polar surface area (TPSA) is 80.6 Å². The lowest BCUT2D eigenvalue weighted by atomic mass is 9.96. The number of fused-ring (bicyclic) bond motifs is 2. The summed E-state index contributed by atoms with van der Waals surface area (Å²) in [6, 6.07) is 8.23. The van der Waals surface area contributed by atoms with Crippen molar-refractivity contribution in [1.29, 1.82) is 0 Å². The molecule has 1 fully saturated rings. The van der Waals surface area contributed by atoms with Gasteiger partial charge >= 0.3 is 6.01 Å². The van der Waals surface area contributed by atoms with E-state index in [9.17, 15) is 9.50 Å². The summed E-state index contributed by atoms with van der Waals surface area (Å²) in [5, 5.41) is 12.3. The van der Waals surface area contributed by atoms with Gasteiger partial charge in [-0.15, -0.1) is 6.42 Å². The van der Waals surface area contributed by atoms with Crippen LogP contribution in [-0.2, 0) is 4.74 Å². The quantitative estimate of drug-likeness (QED) is 0.457. The third kappa shape index (κ3) is 3.74. The molecule has 0 saturated carbocycles. The fourth-order valence-electron chi connectivity index (χ4n) is 4.51. The number of nitrogens with zero attached hydrogens (tertiary/aromatic N) is 4. The molecule has 2 aromatic carbocycles. The zero-order chi connectivity index (χ0) is 23.8. The summed E-state index contributed by atoms with van der Waals surface area (Å²) in [5.41, 5.74) is 1.75. The molecule has 8 heteroatoms. The van der Waals surface area contributed by atoms with Crippen molar-refractivity contribution >= 4 is 27.5 Å². The third-order valence-corrected chi connectivity index (χ3v) is 6.26. The summed E-state index contributed by atoms with van der Waals surface area (Å²) in [5.74, 6) is 2.65. The standard InChI is InChI=1S/C26H23FN4O3/c1-4-18-21(27)6-5-15-11-17(32)12-19(24(15)18)22-13-23-20(14-28-26(30-23)33-3)25(29-22)31(2)16-7-9-34-10-8-16/h1,5-6,11-14,16,32H,7-10H2,2-3H3. The second kappa shape index (κ2) is 8.76. The number of anilines is 1. The summed E-state index contributed by atoms with van der Waals surface area (Å²) in [6.45, 7) is 1.36. The van der Waals surface area contributed by atoms with E-state index in [2.05, 4.69) is 20.8 Å². The van der Waals surface area contributed by atoms with Crippen LogP contribution in [0.25, 0.3) is 32.9 Å². The molecule has 0 unspecified atom stereocenters. The predicted molar refractivity (Wildman–Crippen MR) is 129 cm³/mol. The molecule has 3 heterocycles. The summed E-state index contributed by atoms with van der Waals surface area (Å²) in [4.78, 5) is 15.9.